The van der Waals surface area contributed by atoms with Crippen molar-refractivity contribution in [2.45, 2.75) is 51.6 Å². The Kier molecular flexibility index (Phi) is 6.03. The Labute approximate surface area is 168 Å². The third kappa shape index (κ3) is 4.80. The molecule has 1 aliphatic rings. The summed E-state index contributed by atoms with van der Waals surface area (Å²) < 4.78 is 46.1. The van der Waals surface area contributed by atoms with E-state index < -0.39 is 11.7 Å². The first-order chi connectivity index (χ1) is 13.6. The highest BCUT2D eigenvalue weighted by Gasteiger charge is 2.45. The van der Waals surface area contributed by atoms with Crippen LogP contribution in [0, 0.1) is 11.3 Å². The summed E-state index contributed by atoms with van der Waals surface area (Å²) in [6.07, 6.45) is 2.41. The summed E-state index contributed by atoms with van der Waals surface area (Å²) in [5, 5.41) is 3.02. The van der Waals surface area contributed by atoms with Crippen LogP contribution < -0.4 is 5.32 Å². The normalized spacial score (nSPS) is 24.3. The molecule has 0 aliphatic heterocycles. The van der Waals surface area contributed by atoms with Crippen LogP contribution in [-0.4, -0.2) is 34.7 Å². The monoisotopic (exact) mass is 409 g/mol. The number of benzene rings is 1. The van der Waals surface area contributed by atoms with Gasteiger partial charge in [0, 0.05) is 43.6 Å². The number of carbonyl (C=O) groups excluding carboxylic acids is 1. The van der Waals surface area contributed by atoms with E-state index in [9.17, 15) is 18.0 Å². The van der Waals surface area contributed by atoms with Crippen LogP contribution in [-0.2, 0) is 17.5 Å². The van der Waals surface area contributed by atoms with Crippen LogP contribution >= 0.6 is 0 Å². The highest BCUT2D eigenvalue weighted by Crippen LogP contribution is 2.41. The molecule has 0 radical (unpaired) electrons. The zero-order chi connectivity index (χ0) is 21.2. The van der Waals surface area contributed by atoms with Gasteiger partial charge in [-0.05, 0) is 42.5 Å². The van der Waals surface area contributed by atoms with Gasteiger partial charge in [0.05, 0.1) is 18.0 Å². The van der Waals surface area contributed by atoms with Gasteiger partial charge in [-0.15, -0.1) is 0 Å². The molecule has 1 aromatic carbocycles. The molecule has 3 rings (SSSR count). The molecule has 8 heteroatoms. The fourth-order valence-corrected chi connectivity index (χ4v) is 4.27. The molecule has 1 aliphatic carbocycles. The number of nitrogens with zero attached hydrogens (tertiary/aromatic N) is 2. The number of aromatic nitrogens is 2. The van der Waals surface area contributed by atoms with E-state index in [1.54, 1.807) is 19.6 Å². The lowest BCUT2D eigenvalue weighted by Crippen LogP contribution is -2.55. The molecule has 3 atom stereocenters. The Morgan fingerprint density at radius 1 is 1.31 bits per heavy atom. The van der Waals surface area contributed by atoms with Gasteiger partial charge in [-0.2, -0.15) is 13.2 Å². The fraction of sp³-hybridized carbons (Fsp3) is 0.524. The summed E-state index contributed by atoms with van der Waals surface area (Å²) in [6.45, 7) is 4.92. The summed E-state index contributed by atoms with van der Waals surface area (Å²) in [5.74, 6) is -0.384. The van der Waals surface area contributed by atoms with E-state index in [0.717, 1.165) is 25.0 Å². The van der Waals surface area contributed by atoms with Gasteiger partial charge in [-0.25, -0.2) is 4.98 Å². The Balaban J connectivity index is 1.78. The number of hydrogen-bond acceptors (Lipinski definition) is 3. The van der Waals surface area contributed by atoms with Gasteiger partial charge in [0.2, 0.25) is 0 Å². The highest BCUT2D eigenvalue weighted by atomic mass is 19.4. The molecule has 1 heterocycles. The van der Waals surface area contributed by atoms with Crippen molar-refractivity contribution in [2.24, 2.45) is 11.3 Å². The first kappa shape index (κ1) is 21.4. The van der Waals surface area contributed by atoms with Gasteiger partial charge in [0.15, 0.2) is 0 Å². The average molecular weight is 409 g/mol. The molecule has 0 spiro atoms. The van der Waals surface area contributed by atoms with E-state index in [4.69, 9.17) is 4.74 Å². The van der Waals surface area contributed by atoms with Crippen molar-refractivity contribution >= 4 is 5.91 Å². The van der Waals surface area contributed by atoms with E-state index in [2.05, 4.69) is 24.1 Å². The number of nitrogens with one attached hydrogen (secondary N) is 1. The maximum absolute atomic E-state index is 12.8. The van der Waals surface area contributed by atoms with E-state index in [0.29, 0.717) is 6.54 Å². The largest absolute Gasteiger partial charge is 0.416 e. The SMILES string of the molecule is CO[C@@H]1[C@@H](Cn2ccnc2)[C@H](NC(=O)c2ccc(C(F)(F)F)cc2)CCC1(C)C. The Hall–Kier alpha value is -2.35. The molecule has 1 saturated carbocycles. The van der Waals surface area contributed by atoms with Crippen LogP contribution in [0.4, 0.5) is 13.2 Å². The summed E-state index contributed by atoms with van der Waals surface area (Å²) in [6, 6.07) is 4.12. The first-order valence-electron chi connectivity index (χ1n) is 9.58. The van der Waals surface area contributed by atoms with Gasteiger partial charge in [0.25, 0.3) is 5.91 Å². The van der Waals surface area contributed by atoms with Crippen LogP contribution in [0.25, 0.3) is 0 Å². The first-order valence-corrected chi connectivity index (χ1v) is 9.58. The third-order valence-corrected chi connectivity index (χ3v) is 5.80. The molecule has 5 nitrogen and oxygen atoms in total. The molecule has 158 valence electrons. The number of imidazole rings is 1. The molecule has 1 N–H and O–H groups in total. The van der Waals surface area contributed by atoms with Crippen molar-refractivity contribution in [1.29, 1.82) is 0 Å². The maximum atomic E-state index is 12.8. The van der Waals surface area contributed by atoms with Gasteiger partial charge < -0.3 is 14.6 Å². The summed E-state index contributed by atoms with van der Waals surface area (Å²) in [5.41, 5.74) is -0.626. The van der Waals surface area contributed by atoms with Crippen molar-refractivity contribution < 1.29 is 22.7 Å². The predicted molar refractivity (Wildman–Crippen MR) is 102 cm³/mol. The standard InChI is InChI=1S/C21H26F3N3O2/c1-20(2)9-8-17(16(18(20)29-3)12-27-11-10-25-13-27)26-19(28)14-4-6-15(7-5-14)21(22,23)24/h4-7,10-11,13,16-18H,8-9,12H2,1-3H3,(H,26,28)/t16-,17+,18+/m0/s1. The van der Waals surface area contributed by atoms with Crippen LogP contribution in [0.2, 0.25) is 0 Å². The Morgan fingerprint density at radius 2 is 2.00 bits per heavy atom. The number of rotatable bonds is 5. The molecule has 0 saturated heterocycles. The number of ether oxygens (including phenoxy) is 1. The quantitative estimate of drug-likeness (QED) is 0.807. The Bertz CT molecular complexity index is 817. The number of amides is 1. The van der Waals surface area contributed by atoms with Crippen molar-refractivity contribution in [3.8, 4) is 0 Å². The van der Waals surface area contributed by atoms with Gasteiger partial charge in [-0.1, -0.05) is 13.8 Å². The van der Waals surface area contributed by atoms with Gasteiger partial charge in [-0.3, -0.25) is 4.79 Å². The smallest absolute Gasteiger partial charge is 0.380 e. The van der Waals surface area contributed by atoms with Gasteiger partial charge >= 0.3 is 6.18 Å². The van der Waals surface area contributed by atoms with E-state index in [1.807, 2.05) is 10.8 Å². The molecule has 1 amide bonds. The minimum atomic E-state index is -4.43. The number of alkyl halides is 3. The fourth-order valence-electron chi connectivity index (χ4n) is 4.27. The van der Waals surface area contributed by atoms with Crippen LogP contribution in [0.3, 0.4) is 0 Å². The maximum Gasteiger partial charge on any atom is 0.416 e. The molecule has 1 aromatic heterocycles. The molecule has 2 aromatic rings. The zero-order valence-corrected chi connectivity index (χ0v) is 16.7. The summed E-state index contributed by atoms with van der Waals surface area (Å²) in [7, 11) is 1.67. The highest BCUT2D eigenvalue weighted by molar-refractivity contribution is 5.94. The average Bonchev–Trinajstić information content (AvgIpc) is 3.16. The van der Waals surface area contributed by atoms with Crippen molar-refractivity contribution in [3.63, 3.8) is 0 Å². The minimum Gasteiger partial charge on any atom is -0.380 e. The second-order valence-corrected chi connectivity index (χ2v) is 8.26. The lowest BCUT2D eigenvalue weighted by Gasteiger charge is -2.47. The van der Waals surface area contributed by atoms with Crippen molar-refractivity contribution in [2.75, 3.05) is 7.11 Å². The zero-order valence-electron chi connectivity index (χ0n) is 16.7. The molecular weight excluding hydrogens is 383 g/mol. The molecule has 0 unspecified atom stereocenters. The number of carbonyl (C=O) groups is 1. The van der Waals surface area contributed by atoms with Crippen LogP contribution in [0.5, 0.6) is 0 Å². The van der Waals surface area contributed by atoms with E-state index >= 15 is 0 Å². The van der Waals surface area contributed by atoms with Gasteiger partial charge in [0.1, 0.15) is 0 Å². The number of hydrogen-bond donors (Lipinski definition) is 1. The third-order valence-electron chi connectivity index (χ3n) is 5.80. The second kappa shape index (κ2) is 8.18. The topological polar surface area (TPSA) is 56.1 Å². The van der Waals surface area contributed by atoms with Crippen LogP contribution in [0.1, 0.15) is 42.6 Å². The Morgan fingerprint density at radius 3 is 2.55 bits per heavy atom. The molecule has 0 bridgehead atoms. The predicted octanol–water partition coefficient (Wildman–Crippen LogP) is 4.15. The minimum absolute atomic E-state index is 0.00338. The van der Waals surface area contributed by atoms with E-state index in [1.165, 1.54) is 12.1 Å². The van der Waals surface area contributed by atoms with E-state index in [-0.39, 0.29) is 34.9 Å². The van der Waals surface area contributed by atoms with Crippen molar-refractivity contribution in [1.82, 2.24) is 14.9 Å². The molecular formula is C21H26F3N3O2. The summed E-state index contributed by atoms with van der Waals surface area (Å²) in [4.78, 5) is 16.8. The lowest BCUT2D eigenvalue weighted by molar-refractivity contribution is -0.137. The summed E-state index contributed by atoms with van der Waals surface area (Å²) >= 11 is 0. The lowest BCUT2D eigenvalue weighted by atomic mass is 9.67. The molecule has 1 fully saturated rings. The molecule has 29 heavy (non-hydrogen) atoms. The number of methoxy groups -OCH3 is 1. The van der Waals surface area contributed by atoms with Crippen molar-refractivity contribution in [3.05, 3.63) is 54.1 Å². The number of halogens is 3. The van der Waals surface area contributed by atoms with Crippen LogP contribution in [0.15, 0.2) is 43.0 Å². The second-order valence-electron chi connectivity index (χ2n) is 8.26.